The molecule has 0 bridgehead atoms. The first kappa shape index (κ1) is 12.4. The van der Waals surface area contributed by atoms with Gasteiger partial charge in [-0.15, -0.1) is 0 Å². The van der Waals surface area contributed by atoms with Crippen molar-refractivity contribution >= 4 is 17.1 Å². The summed E-state index contributed by atoms with van der Waals surface area (Å²) in [6.45, 7) is 1.73. The maximum atomic E-state index is 9.07. The summed E-state index contributed by atoms with van der Waals surface area (Å²) in [6.07, 6.45) is 0. The average molecular weight is 265 g/mol. The monoisotopic (exact) mass is 265 g/mol. The summed E-state index contributed by atoms with van der Waals surface area (Å²) in [6, 6.07) is 15.9. The van der Waals surface area contributed by atoms with Crippen molar-refractivity contribution in [2.24, 2.45) is 0 Å². The SMILES string of the molecule is COc1cccc(N2CCNc3ccc(C#N)cc32)c1. The first-order valence-electron chi connectivity index (χ1n) is 6.51. The fraction of sp³-hybridized carbons (Fsp3) is 0.188. The van der Waals surface area contributed by atoms with Crippen LogP contribution in [0.2, 0.25) is 0 Å². The highest BCUT2D eigenvalue weighted by atomic mass is 16.5. The molecular weight excluding hydrogens is 250 g/mol. The number of fused-ring (bicyclic) bond motifs is 1. The van der Waals surface area contributed by atoms with Gasteiger partial charge in [0.05, 0.1) is 30.1 Å². The van der Waals surface area contributed by atoms with E-state index in [0.29, 0.717) is 5.56 Å². The number of rotatable bonds is 2. The Morgan fingerprint density at radius 3 is 2.95 bits per heavy atom. The predicted octanol–water partition coefficient (Wildman–Crippen LogP) is 3.13. The lowest BCUT2D eigenvalue weighted by atomic mass is 10.1. The van der Waals surface area contributed by atoms with Gasteiger partial charge in [-0.2, -0.15) is 5.26 Å². The topological polar surface area (TPSA) is 48.3 Å². The Kier molecular flexibility index (Phi) is 3.18. The van der Waals surface area contributed by atoms with Crippen LogP contribution in [0.1, 0.15) is 5.56 Å². The Morgan fingerprint density at radius 2 is 2.15 bits per heavy atom. The fourth-order valence-electron chi connectivity index (χ4n) is 2.44. The molecule has 1 heterocycles. The molecular formula is C16H15N3O. The van der Waals surface area contributed by atoms with Gasteiger partial charge in [0.15, 0.2) is 0 Å². The fourth-order valence-corrected chi connectivity index (χ4v) is 2.44. The Bertz CT molecular complexity index is 676. The second-order valence-electron chi connectivity index (χ2n) is 4.62. The van der Waals surface area contributed by atoms with Gasteiger partial charge in [-0.3, -0.25) is 0 Å². The van der Waals surface area contributed by atoms with Crippen molar-refractivity contribution in [1.29, 1.82) is 5.26 Å². The molecule has 0 amide bonds. The zero-order valence-corrected chi connectivity index (χ0v) is 11.3. The van der Waals surface area contributed by atoms with Gasteiger partial charge >= 0.3 is 0 Å². The highest BCUT2D eigenvalue weighted by Gasteiger charge is 2.18. The standard InChI is InChI=1S/C16H15N3O/c1-20-14-4-2-3-13(10-14)19-8-7-18-15-6-5-12(11-17)9-16(15)19/h2-6,9-10,18H,7-8H2,1H3. The second kappa shape index (κ2) is 5.14. The molecule has 0 aromatic heterocycles. The molecule has 0 atom stereocenters. The first-order chi connectivity index (χ1) is 9.81. The molecule has 0 unspecified atom stereocenters. The molecule has 0 spiro atoms. The van der Waals surface area contributed by atoms with E-state index < -0.39 is 0 Å². The molecule has 0 saturated heterocycles. The Hall–Kier alpha value is -2.67. The molecule has 0 aliphatic carbocycles. The lowest BCUT2D eigenvalue weighted by Crippen LogP contribution is -2.30. The number of benzene rings is 2. The lowest BCUT2D eigenvalue weighted by Gasteiger charge is -2.32. The van der Waals surface area contributed by atoms with E-state index in [2.05, 4.69) is 22.4 Å². The Labute approximate surface area is 118 Å². The Morgan fingerprint density at radius 1 is 1.25 bits per heavy atom. The van der Waals surface area contributed by atoms with Gasteiger partial charge in [-0.05, 0) is 30.3 Å². The molecule has 0 saturated carbocycles. The maximum absolute atomic E-state index is 9.07. The van der Waals surface area contributed by atoms with Crippen LogP contribution in [0, 0.1) is 11.3 Å². The van der Waals surface area contributed by atoms with E-state index in [1.54, 1.807) is 7.11 Å². The number of hydrogen-bond acceptors (Lipinski definition) is 4. The number of methoxy groups -OCH3 is 1. The minimum absolute atomic E-state index is 0.667. The number of hydrogen-bond donors (Lipinski definition) is 1. The predicted molar refractivity (Wildman–Crippen MR) is 79.6 cm³/mol. The van der Waals surface area contributed by atoms with Crippen LogP contribution in [0.3, 0.4) is 0 Å². The van der Waals surface area contributed by atoms with Crippen molar-refractivity contribution in [3.8, 4) is 11.8 Å². The van der Waals surface area contributed by atoms with Crippen molar-refractivity contribution < 1.29 is 4.74 Å². The number of nitrogens with one attached hydrogen (secondary N) is 1. The number of nitriles is 1. The third kappa shape index (κ3) is 2.14. The van der Waals surface area contributed by atoms with Crippen molar-refractivity contribution in [2.45, 2.75) is 0 Å². The zero-order chi connectivity index (χ0) is 13.9. The van der Waals surface area contributed by atoms with Crippen LogP contribution in [0.15, 0.2) is 42.5 Å². The van der Waals surface area contributed by atoms with E-state index in [9.17, 15) is 0 Å². The summed E-state index contributed by atoms with van der Waals surface area (Å²) < 4.78 is 5.28. The minimum atomic E-state index is 0.667. The van der Waals surface area contributed by atoms with Gasteiger partial charge in [0, 0.05) is 24.8 Å². The van der Waals surface area contributed by atoms with Crippen LogP contribution in [0.25, 0.3) is 0 Å². The summed E-state index contributed by atoms with van der Waals surface area (Å²) in [5.74, 6) is 0.832. The number of nitrogens with zero attached hydrogens (tertiary/aromatic N) is 2. The molecule has 0 fully saturated rings. The Balaban J connectivity index is 2.06. The summed E-state index contributed by atoms with van der Waals surface area (Å²) in [7, 11) is 1.67. The summed E-state index contributed by atoms with van der Waals surface area (Å²) in [5, 5.41) is 12.4. The van der Waals surface area contributed by atoms with Crippen molar-refractivity contribution in [3.05, 3.63) is 48.0 Å². The summed E-state index contributed by atoms with van der Waals surface area (Å²) in [5.41, 5.74) is 3.82. The largest absolute Gasteiger partial charge is 0.497 e. The van der Waals surface area contributed by atoms with Gasteiger partial charge in [0.25, 0.3) is 0 Å². The third-order valence-corrected chi connectivity index (χ3v) is 3.43. The van der Waals surface area contributed by atoms with E-state index in [1.807, 2.05) is 36.4 Å². The highest BCUT2D eigenvalue weighted by molar-refractivity contribution is 5.80. The van der Waals surface area contributed by atoms with E-state index in [4.69, 9.17) is 10.00 Å². The smallest absolute Gasteiger partial charge is 0.120 e. The number of ether oxygens (including phenoxy) is 1. The van der Waals surface area contributed by atoms with Crippen LogP contribution in [0.5, 0.6) is 5.75 Å². The molecule has 100 valence electrons. The molecule has 0 radical (unpaired) electrons. The normalized spacial score (nSPS) is 13.1. The van der Waals surface area contributed by atoms with Crippen LogP contribution < -0.4 is 15.0 Å². The summed E-state index contributed by atoms with van der Waals surface area (Å²) in [4.78, 5) is 2.20. The van der Waals surface area contributed by atoms with Crippen LogP contribution in [-0.4, -0.2) is 20.2 Å². The average Bonchev–Trinajstić information content (AvgIpc) is 2.53. The van der Waals surface area contributed by atoms with E-state index in [-0.39, 0.29) is 0 Å². The maximum Gasteiger partial charge on any atom is 0.120 e. The molecule has 1 N–H and O–H groups in total. The molecule has 1 aliphatic heterocycles. The summed E-state index contributed by atoms with van der Waals surface area (Å²) >= 11 is 0. The first-order valence-corrected chi connectivity index (χ1v) is 6.51. The minimum Gasteiger partial charge on any atom is -0.497 e. The van der Waals surface area contributed by atoms with Crippen LogP contribution >= 0.6 is 0 Å². The van der Waals surface area contributed by atoms with Crippen molar-refractivity contribution in [2.75, 3.05) is 30.4 Å². The van der Waals surface area contributed by atoms with Gasteiger partial charge in [-0.25, -0.2) is 0 Å². The van der Waals surface area contributed by atoms with Gasteiger partial charge in [-0.1, -0.05) is 6.07 Å². The molecule has 20 heavy (non-hydrogen) atoms. The lowest BCUT2D eigenvalue weighted by molar-refractivity contribution is 0.415. The van der Waals surface area contributed by atoms with Crippen LogP contribution in [-0.2, 0) is 0 Å². The van der Waals surface area contributed by atoms with Gasteiger partial charge in [0.2, 0.25) is 0 Å². The zero-order valence-electron chi connectivity index (χ0n) is 11.3. The molecule has 1 aliphatic rings. The molecule has 2 aromatic rings. The molecule has 4 heteroatoms. The highest BCUT2D eigenvalue weighted by Crippen LogP contribution is 2.36. The van der Waals surface area contributed by atoms with Gasteiger partial charge in [0.1, 0.15) is 5.75 Å². The van der Waals surface area contributed by atoms with E-state index in [0.717, 1.165) is 35.9 Å². The van der Waals surface area contributed by atoms with E-state index in [1.165, 1.54) is 0 Å². The number of anilines is 3. The van der Waals surface area contributed by atoms with E-state index >= 15 is 0 Å². The molecule has 4 nitrogen and oxygen atoms in total. The van der Waals surface area contributed by atoms with Crippen molar-refractivity contribution in [1.82, 2.24) is 0 Å². The molecule has 2 aromatic carbocycles. The van der Waals surface area contributed by atoms with Crippen molar-refractivity contribution in [3.63, 3.8) is 0 Å². The van der Waals surface area contributed by atoms with Crippen LogP contribution in [0.4, 0.5) is 17.1 Å². The third-order valence-electron chi connectivity index (χ3n) is 3.43. The van der Waals surface area contributed by atoms with Gasteiger partial charge < -0.3 is 15.0 Å². The quantitative estimate of drug-likeness (QED) is 0.906. The molecule has 3 rings (SSSR count). The second-order valence-corrected chi connectivity index (χ2v) is 4.62.